The molecule has 0 aliphatic heterocycles. The van der Waals surface area contributed by atoms with Gasteiger partial charge >= 0.3 is 0 Å². The molecule has 100 valence electrons. The minimum absolute atomic E-state index is 0.398. The molecule has 2 aromatic rings. The lowest BCUT2D eigenvalue weighted by Gasteiger charge is -2.09. The average molecular weight is 258 g/mol. The van der Waals surface area contributed by atoms with Crippen LogP contribution < -0.4 is 5.32 Å². The lowest BCUT2D eigenvalue weighted by Crippen LogP contribution is -2.06. The highest BCUT2D eigenvalue weighted by atomic mass is 16.5. The van der Waals surface area contributed by atoms with Gasteiger partial charge in [-0.1, -0.05) is 6.92 Å². The smallest absolute Gasteiger partial charge is 0.157 e. The minimum Gasteiger partial charge on any atom is -0.377 e. The first-order valence-corrected chi connectivity index (χ1v) is 6.34. The zero-order chi connectivity index (χ0) is 13.5. The first kappa shape index (κ1) is 13.4. The molecule has 0 amide bonds. The van der Waals surface area contributed by atoms with Crippen molar-refractivity contribution in [3.8, 4) is 11.3 Å². The zero-order valence-corrected chi connectivity index (χ0v) is 11.3. The van der Waals surface area contributed by atoms with E-state index in [9.17, 15) is 0 Å². The molecule has 0 bridgehead atoms. The molecule has 5 nitrogen and oxygen atoms in total. The molecule has 0 saturated heterocycles. The van der Waals surface area contributed by atoms with Crippen molar-refractivity contribution in [2.24, 2.45) is 0 Å². The van der Waals surface area contributed by atoms with Crippen LogP contribution in [0.4, 0.5) is 5.82 Å². The molecule has 0 radical (unpaired) electrons. The first-order chi connectivity index (χ1) is 9.33. The predicted molar refractivity (Wildman–Crippen MR) is 74.8 cm³/mol. The van der Waals surface area contributed by atoms with Crippen molar-refractivity contribution in [1.29, 1.82) is 0 Å². The summed E-state index contributed by atoms with van der Waals surface area (Å²) in [4.78, 5) is 13.0. The fourth-order valence-electron chi connectivity index (χ4n) is 1.70. The second kappa shape index (κ2) is 6.80. The largest absolute Gasteiger partial charge is 0.377 e. The van der Waals surface area contributed by atoms with Crippen LogP contribution in [0.2, 0.25) is 0 Å². The van der Waals surface area contributed by atoms with E-state index in [0.29, 0.717) is 12.4 Å². The number of aromatic nitrogens is 3. The van der Waals surface area contributed by atoms with Crippen LogP contribution in [0.15, 0.2) is 30.6 Å². The molecule has 0 spiro atoms. The summed E-state index contributed by atoms with van der Waals surface area (Å²) in [5.74, 6) is 1.49. The number of anilines is 1. The van der Waals surface area contributed by atoms with Crippen LogP contribution in [-0.2, 0) is 11.3 Å². The van der Waals surface area contributed by atoms with E-state index >= 15 is 0 Å². The van der Waals surface area contributed by atoms with Crippen LogP contribution >= 0.6 is 0 Å². The zero-order valence-electron chi connectivity index (χ0n) is 11.3. The van der Waals surface area contributed by atoms with Gasteiger partial charge in [0.2, 0.25) is 0 Å². The molecule has 19 heavy (non-hydrogen) atoms. The van der Waals surface area contributed by atoms with Gasteiger partial charge < -0.3 is 10.1 Å². The SMILES string of the molecule is CCCNc1cc(-c2cccnc2)nc(COC)n1. The topological polar surface area (TPSA) is 59.9 Å². The summed E-state index contributed by atoms with van der Waals surface area (Å²) in [7, 11) is 1.64. The molecular weight excluding hydrogens is 240 g/mol. The van der Waals surface area contributed by atoms with Gasteiger partial charge in [0.25, 0.3) is 0 Å². The molecule has 0 unspecified atom stereocenters. The molecular formula is C14H18N4O. The Morgan fingerprint density at radius 1 is 1.32 bits per heavy atom. The van der Waals surface area contributed by atoms with Gasteiger partial charge in [-0.2, -0.15) is 0 Å². The fourth-order valence-corrected chi connectivity index (χ4v) is 1.70. The molecule has 2 heterocycles. The highest BCUT2D eigenvalue weighted by molar-refractivity contribution is 5.61. The molecule has 0 fully saturated rings. The second-order valence-corrected chi connectivity index (χ2v) is 4.16. The molecule has 0 atom stereocenters. The van der Waals surface area contributed by atoms with Crippen LogP contribution in [0.1, 0.15) is 19.2 Å². The Morgan fingerprint density at radius 3 is 2.89 bits per heavy atom. The summed E-state index contributed by atoms with van der Waals surface area (Å²) in [5.41, 5.74) is 1.83. The van der Waals surface area contributed by atoms with Gasteiger partial charge in [0.1, 0.15) is 12.4 Å². The van der Waals surface area contributed by atoms with E-state index in [2.05, 4.69) is 27.2 Å². The fraction of sp³-hybridized carbons (Fsp3) is 0.357. The standard InChI is InChI=1S/C14H18N4O/c1-3-6-16-13-8-12(11-5-4-7-15-9-11)17-14(18-13)10-19-2/h4-5,7-9H,3,6,10H2,1-2H3,(H,16,17,18). The van der Waals surface area contributed by atoms with Crippen molar-refractivity contribution < 1.29 is 4.74 Å². The average Bonchev–Trinajstić information content (AvgIpc) is 2.46. The lowest BCUT2D eigenvalue weighted by molar-refractivity contribution is 0.178. The number of pyridine rings is 1. The Balaban J connectivity index is 2.33. The van der Waals surface area contributed by atoms with Gasteiger partial charge in [-0.3, -0.25) is 4.98 Å². The van der Waals surface area contributed by atoms with E-state index in [-0.39, 0.29) is 0 Å². The van der Waals surface area contributed by atoms with Crippen molar-refractivity contribution in [2.45, 2.75) is 20.0 Å². The summed E-state index contributed by atoms with van der Waals surface area (Å²) in [6, 6.07) is 5.81. The van der Waals surface area contributed by atoms with Gasteiger partial charge in [-0.05, 0) is 18.6 Å². The third-order valence-corrected chi connectivity index (χ3v) is 2.56. The Kier molecular flexibility index (Phi) is 4.80. The summed E-state index contributed by atoms with van der Waals surface area (Å²) in [6.07, 6.45) is 4.59. The van der Waals surface area contributed by atoms with Crippen molar-refractivity contribution in [3.05, 3.63) is 36.4 Å². The number of hydrogen-bond donors (Lipinski definition) is 1. The molecule has 2 rings (SSSR count). The number of ether oxygens (including phenoxy) is 1. The van der Waals surface area contributed by atoms with Gasteiger partial charge in [-0.15, -0.1) is 0 Å². The Bertz CT molecular complexity index is 516. The molecule has 0 saturated carbocycles. The molecule has 5 heteroatoms. The molecule has 1 N–H and O–H groups in total. The van der Waals surface area contributed by atoms with E-state index in [1.54, 1.807) is 19.5 Å². The van der Waals surface area contributed by atoms with Gasteiger partial charge in [0, 0.05) is 37.7 Å². The minimum atomic E-state index is 0.398. The van der Waals surface area contributed by atoms with Crippen LogP contribution in [0.5, 0.6) is 0 Å². The third-order valence-electron chi connectivity index (χ3n) is 2.56. The Labute approximate surface area is 113 Å². The normalized spacial score (nSPS) is 10.4. The number of nitrogens with one attached hydrogen (secondary N) is 1. The van der Waals surface area contributed by atoms with E-state index in [1.807, 2.05) is 18.2 Å². The maximum atomic E-state index is 5.11. The second-order valence-electron chi connectivity index (χ2n) is 4.16. The van der Waals surface area contributed by atoms with Crippen molar-refractivity contribution in [1.82, 2.24) is 15.0 Å². The Morgan fingerprint density at radius 2 is 2.21 bits per heavy atom. The molecule has 2 aromatic heterocycles. The summed E-state index contributed by atoms with van der Waals surface area (Å²) < 4.78 is 5.11. The highest BCUT2D eigenvalue weighted by Gasteiger charge is 2.06. The maximum absolute atomic E-state index is 5.11. The Hall–Kier alpha value is -2.01. The van der Waals surface area contributed by atoms with E-state index in [1.165, 1.54) is 0 Å². The van der Waals surface area contributed by atoms with Crippen LogP contribution in [0, 0.1) is 0 Å². The van der Waals surface area contributed by atoms with Crippen LogP contribution in [0.25, 0.3) is 11.3 Å². The molecule has 0 aliphatic rings. The first-order valence-electron chi connectivity index (χ1n) is 6.34. The summed E-state index contributed by atoms with van der Waals surface area (Å²) >= 11 is 0. The van der Waals surface area contributed by atoms with Gasteiger partial charge in [0.05, 0.1) is 5.69 Å². The maximum Gasteiger partial charge on any atom is 0.157 e. The third kappa shape index (κ3) is 3.72. The number of methoxy groups -OCH3 is 1. The molecule has 0 aliphatic carbocycles. The van der Waals surface area contributed by atoms with Crippen molar-refractivity contribution >= 4 is 5.82 Å². The van der Waals surface area contributed by atoms with Crippen LogP contribution in [0.3, 0.4) is 0 Å². The van der Waals surface area contributed by atoms with Crippen molar-refractivity contribution in [3.63, 3.8) is 0 Å². The number of hydrogen-bond acceptors (Lipinski definition) is 5. The number of rotatable bonds is 6. The lowest BCUT2D eigenvalue weighted by atomic mass is 10.2. The van der Waals surface area contributed by atoms with Gasteiger partial charge in [0.15, 0.2) is 5.82 Å². The quantitative estimate of drug-likeness (QED) is 0.862. The monoisotopic (exact) mass is 258 g/mol. The highest BCUT2D eigenvalue weighted by Crippen LogP contribution is 2.19. The van der Waals surface area contributed by atoms with E-state index < -0.39 is 0 Å². The van der Waals surface area contributed by atoms with E-state index in [0.717, 1.165) is 30.0 Å². The summed E-state index contributed by atoms with van der Waals surface area (Å²) in [5, 5.41) is 3.28. The van der Waals surface area contributed by atoms with Gasteiger partial charge in [-0.25, -0.2) is 9.97 Å². The van der Waals surface area contributed by atoms with Crippen LogP contribution in [-0.4, -0.2) is 28.6 Å². The molecule has 0 aromatic carbocycles. The van der Waals surface area contributed by atoms with Crippen molar-refractivity contribution in [2.75, 3.05) is 19.0 Å². The summed E-state index contributed by atoms with van der Waals surface area (Å²) in [6.45, 7) is 3.40. The van der Waals surface area contributed by atoms with E-state index in [4.69, 9.17) is 4.74 Å². The number of nitrogens with zero attached hydrogens (tertiary/aromatic N) is 3. The predicted octanol–water partition coefficient (Wildman–Crippen LogP) is 2.51.